The molecule has 1 aliphatic heterocycles. The number of nitrogens with zero attached hydrogens (tertiary/aromatic N) is 3. The normalized spacial score (nSPS) is 16.3. The van der Waals surface area contributed by atoms with Crippen molar-refractivity contribution >= 4 is 11.3 Å². The molecular formula is C26H21N3. The van der Waals surface area contributed by atoms with Crippen LogP contribution in [0, 0.1) is 0 Å². The van der Waals surface area contributed by atoms with Gasteiger partial charge in [-0.25, -0.2) is 9.66 Å². The molecule has 0 saturated heterocycles. The van der Waals surface area contributed by atoms with Crippen LogP contribution in [0.4, 0.5) is 0 Å². The number of hydrogen-bond acceptors (Lipinski definition) is 2. The number of allylic oxidation sites excluding steroid dienone is 2. The van der Waals surface area contributed by atoms with E-state index in [2.05, 4.69) is 118 Å². The molecule has 1 unspecified atom stereocenters. The standard InChI is InChI=1S/C26H21N3/c1-4-10-21(11-5-1)24-18-25(22-12-6-2-7-13-22)29(28-17-16-27-20-28)26(19-24)23-14-8-3-9-15-23/h1-20,25H. The monoisotopic (exact) mass is 375 g/mol. The maximum atomic E-state index is 4.30. The molecular weight excluding hydrogens is 354 g/mol. The van der Waals surface area contributed by atoms with E-state index in [1.165, 1.54) is 22.3 Å². The van der Waals surface area contributed by atoms with Crippen LogP contribution in [0.5, 0.6) is 0 Å². The fourth-order valence-corrected chi connectivity index (χ4v) is 3.82. The van der Waals surface area contributed by atoms with E-state index >= 15 is 0 Å². The number of aromatic nitrogens is 2. The zero-order valence-electron chi connectivity index (χ0n) is 16.0. The second-order valence-electron chi connectivity index (χ2n) is 7.03. The molecule has 0 fully saturated rings. The van der Waals surface area contributed by atoms with Gasteiger partial charge in [-0.15, -0.1) is 0 Å². The zero-order chi connectivity index (χ0) is 19.5. The van der Waals surface area contributed by atoms with Crippen LogP contribution in [0.15, 0.2) is 122 Å². The third-order valence-corrected chi connectivity index (χ3v) is 5.20. The number of rotatable bonds is 4. The minimum absolute atomic E-state index is 0.0424. The highest BCUT2D eigenvalue weighted by atomic mass is 15.6. The number of imidazole rings is 1. The van der Waals surface area contributed by atoms with Crippen LogP contribution in [0.2, 0.25) is 0 Å². The Morgan fingerprint density at radius 2 is 1.31 bits per heavy atom. The van der Waals surface area contributed by atoms with Gasteiger partial charge in [-0.05, 0) is 34.4 Å². The SMILES string of the molecule is C1=C(c2ccccc2)C=C(c2ccccc2)N(n2ccnc2)C1c1ccccc1. The highest BCUT2D eigenvalue weighted by Crippen LogP contribution is 2.38. The molecule has 2 heterocycles. The summed E-state index contributed by atoms with van der Waals surface area (Å²) in [6, 6.07) is 31.8. The van der Waals surface area contributed by atoms with Crippen LogP contribution in [-0.4, -0.2) is 9.66 Å². The first-order valence-electron chi connectivity index (χ1n) is 9.77. The lowest BCUT2D eigenvalue weighted by atomic mass is 9.93. The average molecular weight is 375 g/mol. The van der Waals surface area contributed by atoms with Crippen molar-refractivity contribution in [3.05, 3.63) is 139 Å². The van der Waals surface area contributed by atoms with Crippen molar-refractivity contribution in [2.75, 3.05) is 5.01 Å². The minimum Gasteiger partial charge on any atom is -0.268 e. The van der Waals surface area contributed by atoms with Crippen LogP contribution in [0.3, 0.4) is 0 Å². The maximum absolute atomic E-state index is 4.30. The molecule has 29 heavy (non-hydrogen) atoms. The Bertz CT molecular complexity index is 1130. The van der Waals surface area contributed by atoms with Crippen LogP contribution < -0.4 is 5.01 Å². The highest BCUT2D eigenvalue weighted by molar-refractivity contribution is 5.89. The summed E-state index contributed by atoms with van der Waals surface area (Å²) in [5.74, 6) is 0. The van der Waals surface area contributed by atoms with Gasteiger partial charge >= 0.3 is 0 Å². The topological polar surface area (TPSA) is 21.1 Å². The van der Waals surface area contributed by atoms with Crippen molar-refractivity contribution in [2.24, 2.45) is 0 Å². The van der Waals surface area contributed by atoms with Gasteiger partial charge in [-0.2, -0.15) is 0 Å². The molecule has 0 spiro atoms. The first-order chi connectivity index (χ1) is 14.4. The Labute approximate surface area is 170 Å². The van der Waals surface area contributed by atoms with Gasteiger partial charge in [0.25, 0.3) is 0 Å². The lowest BCUT2D eigenvalue weighted by Crippen LogP contribution is -2.37. The molecule has 1 aliphatic rings. The first-order valence-corrected chi connectivity index (χ1v) is 9.77. The highest BCUT2D eigenvalue weighted by Gasteiger charge is 2.28. The van der Waals surface area contributed by atoms with Gasteiger partial charge in [0, 0.05) is 12.4 Å². The van der Waals surface area contributed by atoms with E-state index < -0.39 is 0 Å². The summed E-state index contributed by atoms with van der Waals surface area (Å²) in [7, 11) is 0. The lowest BCUT2D eigenvalue weighted by Gasteiger charge is -2.38. The largest absolute Gasteiger partial charge is 0.268 e. The van der Waals surface area contributed by atoms with Crippen LogP contribution in [0.1, 0.15) is 22.7 Å². The Morgan fingerprint density at radius 3 is 1.93 bits per heavy atom. The second kappa shape index (κ2) is 7.64. The van der Waals surface area contributed by atoms with Crippen molar-refractivity contribution in [1.29, 1.82) is 0 Å². The molecule has 3 heteroatoms. The van der Waals surface area contributed by atoms with Gasteiger partial charge in [0.1, 0.15) is 6.33 Å². The summed E-state index contributed by atoms with van der Waals surface area (Å²) >= 11 is 0. The second-order valence-corrected chi connectivity index (χ2v) is 7.03. The Morgan fingerprint density at radius 1 is 0.690 bits per heavy atom. The Kier molecular flexibility index (Phi) is 4.55. The molecule has 0 bridgehead atoms. The van der Waals surface area contributed by atoms with E-state index in [1.54, 1.807) is 0 Å². The molecule has 140 valence electrons. The zero-order valence-corrected chi connectivity index (χ0v) is 16.0. The van der Waals surface area contributed by atoms with Gasteiger partial charge in [0.15, 0.2) is 0 Å². The molecule has 5 rings (SSSR count). The van der Waals surface area contributed by atoms with Crippen molar-refractivity contribution in [3.8, 4) is 0 Å². The van der Waals surface area contributed by atoms with E-state index in [1.807, 2.05) is 18.7 Å². The van der Waals surface area contributed by atoms with Crippen LogP contribution >= 0.6 is 0 Å². The van der Waals surface area contributed by atoms with E-state index in [-0.39, 0.29) is 6.04 Å². The predicted octanol–water partition coefficient (Wildman–Crippen LogP) is 5.70. The molecule has 0 saturated carbocycles. The summed E-state index contributed by atoms with van der Waals surface area (Å²) < 4.78 is 2.06. The lowest BCUT2D eigenvalue weighted by molar-refractivity contribution is 0.635. The molecule has 0 aliphatic carbocycles. The molecule has 4 aromatic rings. The van der Waals surface area contributed by atoms with Gasteiger partial charge in [-0.1, -0.05) is 91.0 Å². The van der Waals surface area contributed by atoms with E-state index in [0.717, 1.165) is 5.70 Å². The third-order valence-electron chi connectivity index (χ3n) is 5.20. The maximum Gasteiger partial charge on any atom is 0.115 e. The molecule has 1 atom stereocenters. The quantitative estimate of drug-likeness (QED) is 0.456. The molecule has 0 radical (unpaired) electrons. The minimum atomic E-state index is 0.0424. The Balaban J connectivity index is 1.73. The van der Waals surface area contributed by atoms with Crippen LogP contribution in [0.25, 0.3) is 11.3 Å². The van der Waals surface area contributed by atoms with Crippen molar-refractivity contribution in [3.63, 3.8) is 0 Å². The van der Waals surface area contributed by atoms with Gasteiger partial charge in [0.05, 0.1) is 11.7 Å². The van der Waals surface area contributed by atoms with Gasteiger partial charge in [0.2, 0.25) is 0 Å². The molecule has 0 amide bonds. The van der Waals surface area contributed by atoms with E-state index in [0.29, 0.717) is 0 Å². The Hall–Kier alpha value is -3.85. The summed E-state index contributed by atoms with van der Waals surface area (Å²) in [6.45, 7) is 0. The van der Waals surface area contributed by atoms with Crippen LogP contribution in [-0.2, 0) is 0 Å². The van der Waals surface area contributed by atoms with Crippen molar-refractivity contribution in [1.82, 2.24) is 9.66 Å². The third kappa shape index (κ3) is 3.39. The van der Waals surface area contributed by atoms with E-state index in [4.69, 9.17) is 0 Å². The van der Waals surface area contributed by atoms with Gasteiger partial charge in [-0.3, -0.25) is 5.01 Å². The summed E-state index contributed by atoms with van der Waals surface area (Å²) in [5, 5.41) is 2.30. The summed E-state index contributed by atoms with van der Waals surface area (Å²) in [6.07, 6.45) is 10.3. The molecule has 3 nitrogen and oxygen atoms in total. The number of benzene rings is 3. The van der Waals surface area contributed by atoms with E-state index in [9.17, 15) is 0 Å². The molecule has 3 aromatic carbocycles. The number of hydrogen-bond donors (Lipinski definition) is 0. The van der Waals surface area contributed by atoms with Gasteiger partial charge < -0.3 is 0 Å². The predicted molar refractivity (Wildman–Crippen MR) is 118 cm³/mol. The van der Waals surface area contributed by atoms with Crippen molar-refractivity contribution in [2.45, 2.75) is 6.04 Å². The summed E-state index contributed by atoms with van der Waals surface area (Å²) in [4.78, 5) is 4.30. The fraction of sp³-hybridized carbons (Fsp3) is 0.0385. The first kappa shape index (κ1) is 17.3. The fourth-order valence-electron chi connectivity index (χ4n) is 3.82. The smallest absolute Gasteiger partial charge is 0.115 e. The van der Waals surface area contributed by atoms with Crippen molar-refractivity contribution < 1.29 is 0 Å². The molecule has 0 N–H and O–H groups in total. The molecule has 1 aromatic heterocycles. The summed E-state index contributed by atoms with van der Waals surface area (Å²) in [5.41, 5.74) is 5.97. The average Bonchev–Trinajstić information content (AvgIpc) is 3.34.